The van der Waals surface area contributed by atoms with Crippen molar-refractivity contribution < 1.29 is 18.8 Å². The molecule has 0 radical (unpaired) electrons. The Morgan fingerprint density at radius 2 is 1.71 bits per heavy atom. The first kappa shape index (κ1) is 19.3. The topological polar surface area (TPSA) is 36.9 Å². The van der Waals surface area contributed by atoms with Crippen LogP contribution in [0.4, 0.5) is 0 Å². The minimum Gasteiger partial charge on any atom is -0.493 e. The molecule has 0 aromatic heterocycles. The Labute approximate surface area is 168 Å². The van der Waals surface area contributed by atoms with Gasteiger partial charge in [-0.15, -0.1) is 0 Å². The van der Waals surface area contributed by atoms with Crippen molar-refractivity contribution >= 4 is 12.6 Å². The molecule has 4 nitrogen and oxygen atoms in total. The van der Waals surface area contributed by atoms with Crippen molar-refractivity contribution in [1.82, 2.24) is 0 Å². The first-order chi connectivity index (χ1) is 13.3. The van der Waals surface area contributed by atoms with Crippen LogP contribution in [0.5, 0.6) is 11.5 Å². The highest BCUT2D eigenvalue weighted by Gasteiger charge is 2.53. The molecule has 2 aliphatic heterocycles. The maximum absolute atomic E-state index is 6.42. The van der Waals surface area contributed by atoms with E-state index in [0.29, 0.717) is 13.2 Å². The van der Waals surface area contributed by atoms with E-state index in [1.54, 1.807) is 0 Å². The van der Waals surface area contributed by atoms with E-state index in [9.17, 15) is 0 Å². The summed E-state index contributed by atoms with van der Waals surface area (Å²) in [5.41, 5.74) is 3.64. The summed E-state index contributed by atoms with van der Waals surface area (Å²) in [6, 6.07) is 12.4. The molecule has 2 heterocycles. The quantitative estimate of drug-likeness (QED) is 0.733. The van der Waals surface area contributed by atoms with Gasteiger partial charge in [-0.3, -0.25) is 0 Å². The van der Waals surface area contributed by atoms with Crippen LogP contribution in [0.25, 0.3) is 0 Å². The molecule has 2 aliphatic rings. The van der Waals surface area contributed by atoms with Gasteiger partial charge in [0, 0.05) is 17.4 Å². The lowest BCUT2D eigenvalue weighted by Gasteiger charge is -2.32. The molecule has 0 amide bonds. The summed E-state index contributed by atoms with van der Waals surface area (Å²) < 4.78 is 25.1. The van der Waals surface area contributed by atoms with Gasteiger partial charge in [0.2, 0.25) is 0 Å². The smallest absolute Gasteiger partial charge is 0.493 e. The van der Waals surface area contributed by atoms with Gasteiger partial charge < -0.3 is 18.8 Å². The Kier molecular flexibility index (Phi) is 4.92. The highest BCUT2D eigenvalue weighted by atomic mass is 16.7. The van der Waals surface area contributed by atoms with E-state index in [1.807, 2.05) is 18.2 Å². The van der Waals surface area contributed by atoms with Crippen molar-refractivity contribution in [2.75, 3.05) is 6.61 Å². The van der Waals surface area contributed by atoms with Crippen LogP contribution in [0.15, 0.2) is 36.4 Å². The number of aryl methyl sites for hydroxylation is 1. The third-order valence-electron chi connectivity index (χ3n) is 6.17. The predicted molar refractivity (Wildman–Crippen MR) is 112 cm³/mol. The lowest BCUT2D eigenvalue weighted by molar-refractivity contribution is 0.00578. The molecule has 0 spiro atoms. The molecule has 2 aromatic carbocycles. The monoisotopic (exact) mass is 380 g/mol. The largest absolute Gasteiger partial charge is 0.498 e. The summed E-state index contributed by atoms with van der Waals surface area (Å²) in [5.74, 6) is 1.80. The molecular formula is C23H29BO4. The first-order valence-corrected chi connectivity index (χ1v) is 10.2. The van der Waals surface area contributed by atoms with Crippen molar-refractivity contribution in [1.29, 1.82) is 0 Å². The van der Waals surface area contributed by atoms with Crippen molar-refractivity contribution in [3.05, 3.63) is 53.1 Å². The summed E-state index contributed by atoms with van der Waals surface area (Å²) in [6.07, 6.45) is 1.70. The maximum atomic E-state index is 6.42. The van der Waals surface area contributed by atoms with E-state index in [2.05, 4.69) is 52.8 Å². The molecule has 28 heavy (non-hydrogen) atoms. The fraction of sp³-hybridized carbons (Fsp3) is 0.478. The molecule has 4 rings (SSSR count). The Hall–Kier alpha value is -1.98. The Balaban J connectivity index is 1.76. The zero-order chi connectivity index (χ0) is 19.9. The number of hydrogen-bond acceptors (Lipinski definition) is 4. The zero-order valence-electron chi connectivity index (χ0n) is 17.5. The van der Waals surface area contributed by atoms with Crippen molar-refractivity contribution in [3.8, 4) is 11.5 Å². The molecule has 5 heteroatoms. The minimum absolute atomic E-state index is 0.394. The molecule has 148 valence electrons. The average molecular weight is 380 g/mol. The van der Waals surface area contributed by atoms with Gasteiger partial charge in [-0.05, 0) is 51.3 Å². The van der Waals surface area contributed by atoms with Gasteiger partial charge >= 0.3 is 7.12 Å². The van der Waals surface area contributed by atoms with E-state index in [1.165, 1.54) is 0 Å². The van der Waals surface area contributed by atoms with E-state index < -0.39 is 18.3 Å². The van der Waals surface area contributed by atoms with Crippen LogP contribution in [-0.2, 0) is 28.8 Å². The normalized spacial score (nSPS) is 19.4. The molecular weight excluding hydrogens is 351 g/mol. The van der Waals surface area contributed by atoms with E-state index >= 15 is 0 Å². The van der Waals surface area contributed by atoms with Crippen LogP contribution in [-0.4, -0.2) is 24.9 Å². The number of hydrogen-bond donors (Lipinski definition) is 0. The molecule has 1 saturated heterocycles. The van der Waals surface area contributed by atoms with E-state index in [0.717, 1.165) is 46.5 Å². The lowest BCUT2D eigenvalue weighted by Crippen LogP contribution is -2.41. The highest BCUT2D eigenvalue weighted by molar-refractivity contribution is 6.63. The molecule has 0 saturated carbocycles. The van der Waals surface area contributed by atoms with Crippen LogP contribution in [0.1, 0.15) is 51.3 Å². The third-order valence-corrected chi connectivity index (χ3v) is 6.17. The molecule has 0 bridgehead atoms. The second-order valence-electron chi connectivity index (χ2n) is 8.57. The van der Waals surface area contributed by atoms with Gasteiger partial charge in [-0.2, -0.15) is 0 Å². The van der Waals surface area contributed by atoms with Gasteiger partial charge in [0.25, 0.3) is 0 Å². The summed E-state index contributed by atoms with van der Waals surface area (Å²) in [4.78, 5) is 0. The van der Waals surface area contributed by atoms with Gasteiger partial charge in [-0.1, -0.05) is 37.3 Å². The summed E-state index contributed by atoms with van der Waals surface area (Å²) in [5, 5.41) is 0. The molecule has 2 aromatic rings. The van der Waals surface area contributed by atoms with Gasteiger partial charge in [0.1, 0.15) is 18.1 Å². The SMILES string of the molecule is CCc1cc2c(c(OCc3ccccc3)c1B1OC(C)(C)C(C)(C)O1)CCO2. The van der Waals surface area contributed by atoms with Crippen molar-refractivity contribution in [2.24, 2.45) is 0 Å². The summed E-state index contributed by atoms with van der Waals surface area (Å²) in [7, 11) is -0.448. The lowest BCUT2D eigenvalue weighted by atomic mass is 9.73. The van der Waals surface area contributed by atoms with Crippen LogP contribution < -0.4 is 14.9 Å². The molecule has 0 unspecified atom stereocenters. The fourth-order valence-corrected chi connectivity index (χ4v) is 3.78. The second kappa shape index (κ2) is 7.13. The first-order valence-electron chi connectivity index (χ1n) is 10.2. The number of rotatable bonds is 5. The van der Waals surface area contributed by atoms with Crippen molar-refractivity contribution in [2.45, 2.75) is 65.3 Å². The molecule has 0 aliphatic carbocycles. The van der Waals surface area contributed by atoms with Crippen LogP contribution in [0.3, 0.4) is 0 Å². The highest BCUT2D eigenvalue weighted by Crippen LogP contribution is 2.40. The van der Waals surface area contributed by atoms with Crippen LogP contribution >= 0.6 is 0 Å². The number of ether oxygens (including phenoxy) is 2. The standard InChI is InChI=1S/C23H29BO4/c1-6-17-14-19-18(12-13-25-19)21(26-15-16-10-8-7-9-11-16)20(17)24-27-22(2,3)23(4,5)28-24/h7-11,14H,6,12-13,15H2,1-5H3. The predicted octanol–water partition coefficient (Wildman–Crippen LogP) is 4.06. The Bertz CT molecular complexity index is 845. The zero-order valence-corrected chi connectivity index (χ0v) is 17.5. The molecule has 0 atom stereocenters. The fourth-order valence-electron chi connectivity index (χ4n) is 3.78. The van der Waals surface area contributed by atoms with Gasteiger partial charge in [0.15, 0.2) is 0 Å². The molecule has 1 fully saturated rings. The summed E-state index contributed by atoms with van der Waals surface area (Å²) in [6.45, 7) is 11.7. The van der Waals surface area contributed by atoms with Gasteiger partial charge in [0.05, 0.1) is 17.8 Å². The Morgan fingerprint density at radius 3 is 2.36 bits per heavy atom. The summed E-state index contributed by atoms with van der Waals surface area (Å²) >= 11 is 0. The number of benzene rings is 2. The van der Waals surface area contributed by atoms with E-state index in [4.69, 9.17) is 18.8 Å². The average Bonchev–Trinajstić information content (AvgIpc) is 3.21. The van der Waals surface area contributed by atoms with Crippen LogP contribution in [0, 0.1) is 0 Å². The maximum Gasteiger partial charge on any atom is 0.498 e. The molecule has 0 N–H and O–H groups in total. The minimum atomic E-state index is -0.448. The number of fused-ring (bicyclic) bond motifs is 1. The third kappa shape index (κ3) is 3.31. The Morgan fingerprint density at radius 1 is 1.04 bits per heavy atom. The van der Waals surface area contributed by atoms with Crippen molar-refractivity contribution in [3.63, 3.8) is 0 Å². The van der Waals surface area contributed by atoms with E-state index in [-0.39, 0.29) is 0 Å². The second-order valence-corrected chi connectivity index (χ2v) is 8.57. The van der Waals surface area contributed by atoms with Gasteiger partial charge in [-0.25, -0.2) is 0 Å². The van der Waals surface area contributed by atoms with Crippen LogP contribution in [0.2, 0.25) is 0 Å².